The molecule has 0 aliphatic carbocycles. The first kappa shape index (κ1) is 19.4. The lowest BCUT2D eigenvalue weighted by atomic mass is 10.0. The lowest BCUT2D eigenvalue weighted by molar-refractivity contribution is -0.122. The molecule has 7 heteroatoms. The van der Waals surface area contributed by atoms with Gasteiger partial charge in [-0.1, -0.05) is 0 Å². The summed E-state index contributed by atoms with van der Waals surface area (Å²) in [6.45, 7) is 6.02. The molecule has 3 N–H and O–H groups in total. The van der Waals surface area contributed by atoms with Gasteiger partial charge in [0.1, 0.15) is 6.04 Å². The lowest BCUT2D eigenvalue weighted by Crippen LogP contribution is -2.41. The summed E-state index contributed by atoms with van der Waals surface area (Å²) >= 11 is 0. The summed E-state index contributed by atoms with van der Waals surface area (Å²) in [4.78, 5) is 36.3. The number of carbonyl (C=O) groups excluding carboxylic acids is 3. The Labute approximate surface area is 163 Å². The molecule has 0 spiro atoms. The van der Waals surface area contributed by atoms with E-state index in [9.17, 15) is 14.4 Å². The Balaban J connectivity index is 1.62. The van der Waals surface area contributed by atoms with Gasteiger partial charge in [-0.25, -0.2) is 4.79 Å². The number of amides is 2. The maximum atomic E-state index is 12.4. The summed E-state index contributed by atoms with van der Waals surface area (Å²) < 4.78 is 4.93. The van der Waals surface area contributed by atoms with E-state index < -0.39 is 12.0 Å². The first-order valence-corrected chi connectivity index (χ1v) is 9.13. The highest BCUT2D eigenvalue weighted by Crippen LogP contribution is 2.30. The number of anilines is 3. The number of esters is 1. The van der Waals surface area contributed by atoms with Crippen molar-refractivity contribution in [1.82, 2.24) is 0 Å². The number of rotatable bonds is 5. The molecular formula is C21H23N3O4. The molecule has 2 aromatic rings. The van der Waals surface area contributed by atoms with E-state index in [1.165, 1.54) is 0 Å². The predicted molar refractivity (Wildman–Crippen MR) is 108 cm³/mol. The van der Waals surface area contributed by atoms with Gasteiger partial charge in [0, 0.05) is 5.69 Å². The Morgan fingerprint density at radius 2 is 1.71 bits per heavy atom. The number of hydrogen-bond acceptors (Lipinski definition) is 5. The molecule has 1 aliphatic rings. The number of fused-ring (bicyclic) bond motifs is 1. The third-order valence-corrected chi connectivity index (χ3v) is 4.61. The van der Waals surface area contributed by atoms with E-state index in [-0.39, 0.29) is 18.2 Å². The third-order valence-electron chi connectivity index (χ3n) is 4.61. The van der Waals surface area contributed by atoms with Gasteiger partial charge >= 0.3 is 5.97 Å². The Morgan fingerprint density at radius 3 is 2.36 bits per heavy atom. The maximum absolute atomic E-state index is 12.4. The van der Waals surface area contributed by atoms with Gasteiger partial charge in [-0.15, -0.1) is 0 Å². The fraction of sp³-hybridized carbons (Fsp3) is 0.286. The standard InChI is InChI=1S/C21H23N3O4/c1-4-28-21(27)14-5-7-15(8-6-14)22-19(25)11-18-20(26)24-17-10-13(3)12(2)9-16(17)23-18/h5-10,18,23H,4,11H2,1-3H3,(H,22,25)(H,24,26)/t18-/m1/s1. The van der Waals surface area contributed by atoms with Gasteiger partial charge in [0.15, 0.2) is 0 Å². The third kappa shape index (κ3) is 4.31. The Bertz CT molecular complexity index is 922. The average Bonchev–Trinajstić information content (AvgIpc) is 2.65. The molecular weight excluding hydrogens is 358 g/mol. The molecule has 0 aromatic heterocycles. The molecule has 28 heavy (non-hydrogen) atoms. The number of carbonyl (C=O) groups is 3. The maximum Gasteiger partial charge on any atom is 0.338 e. The van der Waals surface area contributed by atoms with E-state index in [2.05, 4.69) is 16.0 Å². The summed E-state index contributed by atoms with van der Waals surface area (Å²) in [6, 6.07) is 9.63. The SMILES string of the molecule is CCOC(=O)c1ccc(NC(=O)C[C@H]2Nc3cc(C)c(C)cc3NC2=O)cc1. The highest BCUT2D eigenvalue weighted by Gasteiger charge is 2.28. The van der Waals surface area contributed by atoms with Crippen molar-refractivity contribution in [3.8, 4) is 0 Å². The summed E-state index contributed by atoms with van der Waals surface area (Å²) in [5.41, 5.74) is 4.67. The minimum absolute atomic E-state index is 0.0160. The molecule has 2 aromatic carbocycles. The smallest absolute Gasteiger partial charge is 0.338 e. The van der Waals surface area contributed by atoms with Crippen LogP contribution in [0.4, 0.5) is 17.1 Å². The number of ether oxygens (including phenoxy) is 1. The van der Waals surface area contributed by atoms with Gasteiger partial charge in [-0.05, 0) is 68.3 Å². The molecule has 7 nitrogen and oxygen atoms in total. The van der Waals surface area contributed by atoms with Gasteiger partial charge in [-0.3, -0.25) is 9.59 Å². The number of nitrogens with one attached hydrogen (secondary N) is 3. The van der Waals surface area contributed by atoms with Crippen molar-refractivity contribution in [1.29, 1.82) is 0 Å². The topological polar surface area (TPSA) is 96.5 Å². The van der Waals surface area contributed by atoms with Crippen LogP contribution >= 0.6 is 0 Å². The summed E-state index contributed by atoms with van der Waals surface area (Å²) in [7, 11) is 0. The van der Waals surface area contributed by atoms with Crippen LogP contribution in [0.2, 0.25) is 0 Å². The second kappa shape index (κ2) is 8.12. The first-order valence-electron chi connectivity index (χ1n) is 9.13. The molecule has 1 aliphatic heterocycles. The molecule has 0 unspecified atom stereocenters. The number of benzene rings is 2. The van der Waals surface area contributed by atoms with Crippen LogP contribution in [0.25, 0.3) is 0 Å². The second-order valence-corrected chi connectivity index (χ2v) is 6.72. The largest absolute Gasteiger partial charge is 0.462 e. The zero-order chi connectivity index (χ0) is 20.3. The molecule has 2 amide bonds. The van der Waals surface area contributed by atoms with Crippen molar-refractivity contribution in [2.45, 2.75) is 33.2 Å². The molecule has 1 heterocycles. The second-order valence-electron chi connectivity index (χ2n) is 6.72. The van der Waals surface area contributed by atoms with Crippen molar-refractivity contribution in [2.24, 2.45) is 0 Å². The highest BCUT2D eigenvalue weighted by molar-refractivity contribution is 6.06. The monoisotopic (exact) mass is 381 g/mol. The van der Waals surface area contributed by atoms with Gasteiger partial charge in [0.25, 0.3) is 0 Å². The quantitative estimate of drug-likeness (QED) is 0.691. The number of aryl methyl sites for hydroxylation is 2. The Kier molecular flexibility index (Phi) is 5.63. The lowest BCUT2D eigenvalue weighted by Gasteiger charge is -2.27. The van der Waals surface area contributed by atoms with Crippen LogP contribution in [0.1, 0.15) is 34.8 Å². The molecule has 3 rings (SSSR count). The normalized spacial score (nSPS) is 15.1. The van der Waals surface area contributed by atoms with E-state index in [4.69, 9.17) is 4.74 Å². The van der Waals surface area contributed by atoms with Crippen LogP contribution in [-0.2, 0) is 14.3 Å². The molecule has 0 fully saturated rings. The molecule has 0 bridgehead atoms. The van der Waals surface area contributed by atoms with E-state index in [0.29, 0.717) is 17.9 Å². The van der Waals surface area contributed by atoms with E-state index in [1.807, 2.05) is 26.0 Å². The van der Waals surface area contributed by atoms with Crippen LogP contribution < -0.4 is 16.0 Å². The molecule has 0 radical (unpaired) electrons. The van der Waals surface area contributed by atoms with Gasteiger partial charge in [0.05, 0.1) is 30.0 Å². The first-order chi connectivity index (χ1) is 13.4. The molecule has 146 valence electrons. The van der Waals surface area contributed by atoms with Crippen LogP contribution in [0.15, 0.2) is 36.4 Å². The van der Waals surface area contributed by atoms with Crippen LogP contribution in [0, 0.1) is 13.8 Å². The van der Waals surface area contributed by atoms with Crippen molar-refractivity contribution in [3.63, 3.8) is 0 Å². The van der Waals surface area contributed by atoms with Crippen molar-refractivity contribution >= 4 is 34.8 Å². The van der Waals surface area contributed by atoms with E-state index >= 15 is 0 Å². The number of hydrogen-bond donors (Lipinski definition) is 3. The highest BCUT2D eigenvalue weighted by atomic mass is 16.5. The van der Waals surface area contributed by atoms with E-state index in [1.54, 1.807) is 31.2 Å². The van der Waals surface area contributed by atoms with Crippen LogP contribution in [-0.4, -0.2) is 30.4 Å². The molecule has 1 atom stereocenters. The van der Waals surface area contributed by atoms with Crippen molar-refractivity contribution in [3.05, 3.63) is 53.1 Å². The average molecular weight is 381 g/mol. The zero-order valence-electron chi connectivity index (χ0n) is 16.1. The molecule has 0 saturated carbocycles. The minimum atomic E-state index is -0.659. The van der Waals surface area contributed by atoms with Gasteiger partial charge in [-0.2, -0.15) is 0 Å². The Hall–Kier alpha value is -3.35. The molecule has 0 saturated heterocycles. The van der Waals surface area contributed by atoms with Crippen molar-refractivity contribution in [2.75, 3.05) is 22.6 Å². The summed E-state index contributed by atoms with van der Waals surface area (Å²) in [5.74, 6) is -0.958. The predicted octanol–water partition coefficient (Wildman–Crippen LogP) is 3.24. The van der Waals surface area contributed by atoms with Crippen molar-refractivity contribution < 1.29 is 19.1 Å². The van der Waals surface area contributed by atoms with Crippen LogP contribution in [0.5, 0.6) is 0 Å². The van der Waals surface area contributed by atoms with E-state index in [0.717, 1.165) is 22.5 Å². The van der Waals surface area contributed by atoms with Gasteiger partial charge < -0.3 is 20.7 Å². The zero-order valence-corrected chi connectivity index (χ0v) is 16.1. The van der Waals surface area contributed by atoms with Gasteiger partial charge in [0.2, 0.25) is 11.8 Å². The Morgan fingerprint density at radius 1 is 1.07 bits per heavy atom. The summed E-state index contributed by atoms with van der Waals surface area (Å²) in [5, 5.41) is 8.72. The van der Waals surface area contributed by atoms with Crippen LogP contribution in [0.3, 0.4) is 0 Å². The fourth-order valence-electron chi connectivity index (χ4n) is 2.96. The minimum Gasteiger partial charge on any atom is -0.462 e. The summed E-state index contributed by atoms with van der Waals surface area (Å²) in [6.07, 6.45) is -0.0160. The fourth-order valence-corrected chi connectivity index (χ4v) is 2.96.